The Labute approximate surface area is 69.2 Å². The van der Waals surface area contributed by atoms with E-state index in [0.717, 1.165) is 20.4 Å². The average Bonchev–Trinajstić information content (AvgIpc) is 1.81. The molecule has 11 heavy (non-hydrogen) atoms. The first kappa shape index (κ1) is 123. The Bertz CT molecular complexity index is 17.8. The molecule has 0 heterocycles. The molecule has 5 N–H and O–H groups in total. The van der Waals surface area contributed by atoms with Crippen molar-refractivity contribution in [3.05, 3.63) is 0 Å². The standard InChI is InChI=1S/2FHO.4FH.H3N.O.Ti/c2*1-2;;;;;;;/h2*2H;4*1H;1H3;;. The minimum atomic E-state index is 0. The van der Waals surface area contributed by atoms with Gasteiger partial charge in [0.1, 0.15) is 0 Å². The molecule has 78 valence electrons. The third-order valence-corrected chi connectivity index (χ3v) is 0. The van der Waals surface area contributed by atoms with Gasteiger partial charge in [0, 0.05) is 0 Å². The van der Waals surface area contributed by atoms with E-state index in [1.807, 2.05) is 0 Å². The first-order valence-corrected chi connectivity index (χ1v) is 1.18. The molecule has 0 aliphatic rings. The molecule has 0 aliphatic carbocycles. The monoisotopic (exact) mass is 233 g/mol. The van der Waals surface area contributed by atoms with Crippen molar-refractivity contribution < 1.29 is 62.2 Å². The summed E-state index contributed by atoms with van der Waals surface area (Å²) in [5.74, 6) is 0. The second-order valence-corrected chi connectivity index (χ2v) is 0. The van der Waals surface area contributed by atoms with Crippen LogP contribution < -0.4 is 6.15 Å². The SMILES string of the molecule is F.F.F.F.N.OF.OF.[O]=[Ti]. The van der Waals surface area contributed by atoms with Gasteiger partial charge in [0.2, 0.25) is 0 Å². The predicted octanol–water partition coefficient (Wildman–Crippen LogP) is 0.377. The molecule has 0 bridgehead atoms. The molecule has 0 saturated carbocycles. The summed E-state index contributed by atoms with van der Waals surface area (Å²) >= 11 is 0.750. The number of halogens is 6. The molecule has 0 aliphatic heterocycles. The van der Waals surface area contributed by atoms with Gasteiger partial charge in [-0.3, -0.25) is 18.8 Å². The summed E-state index contributed by atoms with van der Waals surface area (Å²) < 4.78 is 25.2. The molecule has 0 rings (SSSR count). The third-order valence-electron chi connectivity index (χ3n) is 0. The van der Waals surface area contributed by atoms with Crippen molar-refractivity contribution in [1.29, 1.82) is 0 Å². The van der Waals surface area contributed by atoms with Gasteiger partial charge in [-0.1, -0.05) is 9.05 Å². The number of rotatable bonds is 0. The maximum absolute atomic E-state index is 8.50. The quantitative estimate of drug-likeness (QED) is 0.416. The van der Waals surface area contributed by atoms with Crippen molar-refractivity contribution in [3.63, 3.8) is 0 Å². The van der Waals surface area contributed by atoms with Gasteiger partial charge in [0.05, 0.1) is 0 Å². The molecule has 0 saturated heterocycles. The van der Waals surface area contributed by atoms with Gasteiger partial charge in [-0.25, -0.2) is 10.6 Å². The van der Waals surface area contributed by atoms with E-state index in [-0.39, 0.29) is 25.0 Å². The van der Waals surface area contributed by atoms with Gasteiger partial charge < -0.3 is 6.15 Å². The molecule has 0 fully saturated rings. The van der Waals surface area contributed by atoms with Crippen LogP contribution in [0.25, 0.3) is 0 Å². The van der Waals surface area contributed by atoms with Crippen molar-refractivity contribution in [2.45, 2.75) is 0 Å². The van der Waals surface area contributed by atoms with Crippen LogP contribution in [0.5, 0.6) is 0 Å². The molecular formula is H9F6NO3Ti. The number of hydrogen-bond acceptors (Lipinski definition) is 4. The van der Waals surface area contributed by atoms with Gasteiger partial charge in [-0.2, -0.15) is 0 Å². The summed E-state index contributed by atoms with van der Waals surface area (Å²) in [6.07, 6.45) is 0. The van der Waals surface area contributed by atoms with Gasteiger partial charge in [0.25, 0.3) is 0 Å². The Balaban J connectivity index is -0.00000000167. The summed E-state index contributed by atoms with van der Waals surface area (Å²) in [6, 6.07) is 0. The molecule has 0 aromatic rings. The van der Waals surface area contributed by atoms with Crippen molar-refractivity contribution >= 4 is 0 Å². The fraction of sp³-hybridized carbons (Fsp3) is 0. The summed E-state index contributed by atoms with van der Waals surface area (Å²) in [5, 5.41) is 11.0. The van der Waals surface area contributed by atoms with Crippen molar-refractivity contribution in [2.24, 2.45) is 0 Å². The van der Waals surface area contributed by atoms with E-state index in [1.54, 1.807) is 0 Å². The van der Waals surface area contributed by atoms with Crippen molar-refractivity contribution in [1.82, 2.24) is 6.15 Å². The minimum absolute atomic E-state index is 0. The third kappa shape index (κ3) is 959000. The van der Waals surface area contributed by atoms with Crippen LogP contribution in [0.2, 0.25) is 0 Å². The summed E-state index contributed by atoms with van der Waals surface area (Å²) in [4.78, 5) is 0. The van der Waals surface area contributed by atoms with Crippen LogP contribution in [0.1, 0.15) is 0 Å². The van der Waals surface area contributed by atoms with E-state index in [2.05, 4.69) is 0 Å². The van der Waals surface area contributed by atoms with Crippen molar-refractivity contribution in [2.75, 3.05) is 0 Å². The average molecular weight is 233 g/mol. The molecule has 0 aromatic carbocycles. The predicted molar refractivity (Wildman–Crippen MR) is 22.4 cm³/mol. The zero-order valence-electron chi connectivity index (χ0n) is 4.90. The zero-order valence-corrected chi connectivity index (χ0v) is 6.46. The molecule has 0 radical (unpaired) electrons. The fourth-order valence-electron chi connectivity index (χ4n) is 0. The normalized spacial score (nSPS) is 1.36. The van der Waals surface area contributed by atoms with E-state index in [9.17, 15) is 0 Å². The Kier molecular flexibility index (Phi) is 13600000. The van der Waals surface area contributed by atoms with E-state index >= 15 is 0 Å². The molecular weight excluding hydrogens is 224 g/mol. The molecule has 0 atom stereocenters. The first-order valence-electron chi connectivity index (χ1n) is 0.542. The fourth-order valence-corrected chi connectivity index (χ4v) is 0. The molecule has 0 amide bonds. The molecule has 0 aromatic heterocycles. The van der Waals surface area contributed by atoms with E-state index in [4.69, 9.17) is 23.0 Å². The second kappa shape index (κ2) is 1210000. The zero-order chi connectivity index (χ0) is 6.00. The molecule has 0 spiro atoms. The second-order valence-electron chi connectivity index (χ2n) is 0. The summed E-state index contributed by atoms with van der Waals surface area (Å²) in [6.45, 7) is 0. The molecule has 4 nitrogen and oxygen atoms in total. The molecule has 0 unspecified atom stereocenters. The van der Waals surface area contributed by atoms with Crippen LogP contribution in [0.3, 0.4) is 0 Å². The van der Waals surface area contributed by atoms with Crippen LogP contribution >= 0.6 is 0 Å². The van der Waals surface area contributed by atoms with E-state index < -0.39 is 0 Å². The first-order chi connectivity index (χ1) is 3.00. The van der Waals surface area contributed by atoms with Gasteiger partial charge in [0.15, 0.2) is 0 Å². The summed E-state index contributed by atoms with van der Waals surface area (Å²) in [7, 11) is 0. The Morgan fingerprint density at radius 3 is 0.727 bits per heavy atom. The summed E-state index contributed by atoms with van der Waals surface area (Å²) in [5.41, 5.74) is 0. The van der Waals surface area contributed by atoms with E-state index in [0.29, 0.717) is 0 Å². The van der Waals surface area contributed by atoms with Gasteiger partial charge in [-0.15, -0.1) is 0 Å². The van der Waals surface area contributed by atoms with E-state index in [1.165, 1.54) is 0 Å². The maximum atomic E-state index is 8.50. The van der Waals surface area contributed by atoms with Gasteiger partial charge in [-0.05, 0) is 0 Å². The molecule has 11 heteroatoms. The Morgan fingerprint density at radius 1 is 0.727 bits per heavy atom. The Hall–Kier alpha value is -0.0257. The Morgan fingerprint density at radius 2 is 0.727 bits per heavy atom. The van der Waals surface area contributed by atoms with Crippen LogP contribution in [0, 0.1) is 0 Å². The topological polar surface area (TPSA) is 92.5 Å². The van der Waals surface area contributed by atoms with Crippen LogP contribution in [0.15, 0.2) is 0 Å². The van der Waals surface area contributed by atoms with Crippen LogP contribution in [-0.2, 0) is 23.7 Å². The number of hydrogen-bond donors (Lipinski definition) is 3. The van der Waals surface area contributed by atoms with Crippen molar-refractivity contribution in [3.8, 4) is 0 Å². The van der Waals surface area contributed by atoms with Crippen LogP contribution in [-0.4, -0.2) is 10.6 Å². The van der Waals surface area contributed by atoms with Gasteiger partial charge >= 0.3 is 23.7 Å². The van der Waals surface area contributed by atoms with Crippen LogP contribution in [0.4, 0.5) is 27.9 Å².